The number of hydrogen-bond acceptors (Lipinski definition) is 3. The van der Waals surface area contributed by atoms with Gasteiger partial charge >= 0.3 is 6.03 Å². The Bertz CT molecular complexity index is 639. The fourth-order valence-corrected chi connectivity index (χ4v) is 2.61. The predicted octanol–water partition coefficient (Wildman–Crippen LogP) is 3.63. The van der Waals surface area contributed by atoms with Gasteiger partial charge in [0.2, 0.25) is 0 Å². The minimum absolute atomic E-state index is 0.0308. The Morgan fingerprint density at radius 3 is 2.96 bits per heavy atom. The molecule has 1 aromatic carbocycles. The summed E-state index contributed by atoms with van der Waals surface area (Å²) in [5.74, 6) is 0.303. The number of benzene rings is 1. The molecule has 2 amide bonds. The molecule has 5 nitrogen and oxygen atoms in total. The quantitative estimate of drug-likeness (QED) is 0.916. The number of nitrogens with one attached hydrogen (secondary N) is 1. The highest BCUT2D eigenvalue weighted by Crippen LogP contribution is 2.17. The number of amides is 2. The standard InChI is InChI=1S/C17H19FN2O3/c18-13-4-1-5-14(10-13)19-17(21)20(11-15-6-2-8-22-15)12-16-7-3-9-23-16/h1-2,4-6,8,10,16H,3,7,9,11-12H2,(H,19,21)/t16-/m0/s1. The van der Waals surface area contributed by atoms with Gasteiger partial charge in [0.25, 0.3) is 0 Å². The van der Waals surface area contributed by atoms with Crippen LogP contribution >= 0.6 is 0 Å². The number of urea groups is 1. The maximum absolute atomic E-state index is 13.3. The number of nitrogens with zero attached hydrogens (tertiary/aromatic N) is 1. The average Bonchev–Trinajstić information content (AvgIpc) is 3.20. The Morgan fingerprint density at radius 2 is 2.26 bits per heavy atom. The van der Waals surface area contributed by atoms with Gasteiger partial charge in [-0.15, -0.1) is 0 Å². The van der Waals surface area contributed by atoms with Crippen molar-refractivity contribution in [3.8, 4) is 0 Å². The van der Waals surface area contributed by atoms with Crippen molar-refractivity contribution in [2.45, 2.75) is 25.5 Å². The highest BCUT2D eigenvalue weighted by molar-refractivity contribution is 5.89. The second-order valence-electron chi connectivity index (χ2n) is 5.54. The van der Waals surface area contributed by atoms with Crippen LogP contribution in [0.1, 0.15) is 18.6 Å². The van der Waals surface area contributed by atoms with Crippen molar-refractivity contribution in [3.05, 3.63) is 54.2 Å². The fourth-order valence-electron chi connectivity index (χ4n) is 2.61. The molecule has 1 atom stereocenters. The predicted molar refractivity (Wildman–Crippen MR) is 83.5 cm³/mol. The van der Waals surface area contributed by atoms with Crippen molar-refractivity contribution in [3.63, 3.8) is 0 Å². The van der Waals surface area contributed by atoms with Crippen molar-refractivity contribution in [2.75, 3.05) is 18.5 Å². The molecule has 0 aliphatic carbocycles. The molecule has 1 aliphatic rings. The van der Waals surface area contributed by atoms with E-state index in [9.17, 15) is 9.18 Å². The molecule has 0 spiro atoms. The van der Waals surface area contributed by atoms with Gasteiger partial charge in [-0.3, -0.25) is 0 Å². The van der Waals surface area contributed by atoms with Gasteiger partial charge in [-0.1, -0.05) is 6.07 Å². The molecule has 0 unspecified atom stereocenters. The van der Waals surface area contributed by atoms with Crippen LogP contribution < -0.4 is 5.32 Å². The molecular weight excluding hydrogens is 299 g/mol. The van der Waals surface area contributed by atoms with E-state index >= 15 is 0 Å². The fraction of sp³-hybridized carbons (Fsp3) is 0.353. The van der Waals surface area contributed by atoms with Crippen LogP contribution in [-0.2, 0) is 11.3 Å². The Kier molecular flexibility index (Phi) is 4.92. The molecule has 2 heterocycles. The molecule has 23 heavy (non-hydrogen) atoms. The van der Waals surface area contributed by atoms with Crippen LogP contribution in [0.25, 0.3) is 0 Å². The van der Waals surface area contributed by atoms with E-state index in [1.807, 2.05) is 6.07 Å². The third kappa shape index (κ3) is 4.32. The van der Waals surface area contributed by atoms with E-state index in [-0.39, 0.29) is 18.0 Å². The SMILES string of the molecule is O=C(Nc1cccc(F)c1)N(Cc1ccco1)C[C@@H]1CCCO1. The minimum Gasteiger partial charge on any atom is -0.467 e. The summed E-state index contributed by atoms with van der Waals surface area (Å²) in [6.45, 7) is 1.54. The van der Waals surface area contributed by atoms with Gasteiger partial charge in [0.1, 0.15) is 11.6 Å². The zero-order chi connectivity index (χ0) is 16.1. The molecule has 3 rings (SSSR count). The highest BCUT2D eigenvalue weighted by Gasteiger charge is 2.23. The molecule has 122 valence electrons. The number of anilines is 1. The van der Waals surface area contributed by atoms with Gasteiger partial charge in [0, 0.05) is 18.8 Å². The van der Waals surface area contributed by atoms with Crippen LogP contribution in [0.15, 0.2) is 47.1 Å². The number of carbonyl (C=O) groups is 1. The minimum atomic E-state index is -0.389. The second kappa shape index (κ2) is 7.28. The lowest BCUT2D eigenvalue weighted by Crippen LogP contribution is -2.39. The number of rotatable bonds is 5. The van der Waals surface area contributed by atoms with Gasteiger partial charge in [-0.25, -0.2) is 9.18 Å². The highest BCUT2D eigenvalue weighted by atomic mass is 19.1. The first-order chi connectivity index (χ1) is 11.2. The first-order valence-electron chi connectivity index (χ1n) is 7.66. The molecule has 1 N–H and O–H groups in total. The molecule has 2 aromatic rings. The molecule has 1 aliphatic heterocycles. The topological polar surface area (TPSA) is 54.7 Å². The van der Waals surface area contributed by atoms with Crippen molar-refractivity contribution in [1.82, 2.24) is 4.90 Å². The summed E-state index contributed by atoms with van der Waals surface area (Å²) >= 11 is 0. The van der Waals surface area contributed by atoms with Crippen molar-refractivity contribution < 1.29 is 18.3 Å². The lowest BCUT2D eigenvalue weighted by molar-refractivity contribution is 0.0803. The van der Waals surface area contributed by atoms with Crippen LogP contribution in [0.5, 0.6) is 0 Å². The van der Waals surface area contributed by atoms with Gasteiger partial charge in [0.05, 0.1) is 18.9 Å². The summed E-state index contributed by atoms with van der Waals surface area (Å²) in [4.78, 5) is 14.2. The van der Waals surface area contributed by atoms with Gasteiger partial charge in [-0.05, 0) is 43.2 Å². The van der Waals surface area contributed by atoms with Crippen LogP contribution in [0.4, 0.5) is 14.9 Å². The summed E-state index contributed by atoms with van der Waals surface area (Å²) in [6, 6.07) is 9.13. The molecule has 1 fully saturated rings. The monoisotopic (exact) mass is 318 g/mol. The maximum atomic E-state index is 13.3. The Balaban J connectivity index is 1.68. The Hall–Kier alpha value is -2.34. The summed E-state index contributed by atoms with van der Waals surface area (Å²) in [5, 5.41) is 2.72. The largest absolute Gasteiger partial charge is 0.467 e. The van der Waals surface area contributed by atoms with Crippen LogP contribution in [-0.4, -0.2) is 30.2 Å². The molecule has 0 bridgehead atoms. The van der Waals surface area contributed by atoms with Gasteiger partial charge in [0.15, 0.2) is 0 Å². The van der Waals surface area contributed by atoms with E-state index in [0.29, 0.717) is 24.5 Å². The van der Waals surface area contributed by atoms with Crippen molar-refractivity contribution in [2.24, 2.45) is 0 Å². The van der Waals surface area contributed by atoms with E-state index in [1.54, 1.807) is 29.4 Å². The van der Waals surface area contributed by atoms with Crippen molar-refractivity contribution in [1.29, 1.82) is 0 Å². The van der Waals surface area contributed by atoms with Crippen LogP contribution in [0.3, 0.4) is 0 Å². The molecule has 1 aromatic heterocycles. The lowest BCUT2D eigenvalue weighted by Gasteiger charge is -2.25. The third-order valence-electron chi connectivity index (χ3n) is 3.74. The van der Waals surface area contributed by atoms with E-state index in [1.165, 1.54) is 12.1 Å². The molecule has 0 saturated carbocycles. The third-order valence-corrected chi connectivity index (χ3v) is 3.74. The summed E-state index contributed by atoms with van der Waals surface area (Å²) in [6.07, 6.45) is 3.54. The first kappa shape index (κ1) is 15.6. The summed E-state index contributed by atoms with van der Waals surface area (Å²) in [7, 11) is 0. The lowest BCUT2D eigenvalue weighted by atomic mass is 10.2. The number of furan rings is 1. The number of ether oxygens (including phenoxy) is 1. The van der Waals surface area contributed by atoms with E-state index in [4.69, 9.17) is 9.15 Å². The summed E-state index contributed by atoms with van der Waals surface area (Å²) in [5.41, 5.74) is 0.423. The van der Waals surface area contributed by atoms with Crippen LogP contribution in [0, 0.1) is 5.82 Å². The van der Waals surface area contributed by atoms with Gasteiger partial charge < -0.3 is 19.4 Å². The van der Waals surface area contributed by atoms with E-state index in [2.05, 4.69) is 5.32 Å². The zero-order valence-corrected chi connectivity index (χ0v) is 12.7. The number of halogens is 1. The smallest absolute Gasteiger partial charge is 0.322 e. The normalized spacial score (nSPS) is 17.2. The zero-order valence-electron chi connectivity index (χ0n) is 12.7. The molecule has 0 radical (unpaired) electrons. The van der Waals surface area contributed by atoms with Gasteiger partial charge in [-0.2, -0.15) is 0 Å². The first-order valence-corrected chi connectivity index (χ1v) is 7.66. The van der Waals surface area contributed by atoms with E-state index < -0.39 is 0 Å². The maximum Gasteiger partial charge on any atom is 0.322 e. The van der Waals surface area contributed by atoms with Crippen LogP contribution in [0.2, 0.25) is 0 Å². The second-order valence-corrected chi connectivity index (χ2v) is 5.54. The Labute approximate surface area is 134 Å². The Morgan fingerprint density at radius 1 is 1.35 bits per heavy atom. The number of hydrogen-bond donors (Lipinski definition) is 1. The summed E-state index contributed by atoms with van der Waals surface area (Å²) < 4.78 is 24.2. The molecular formula is C17H19FN2O3. The average molecular weight is 318 g/mol. The van der Waals surface area contributed by atoms with Crippen molar-refractivity contribution >= 4 is 11.7 Å². The van der Waals surface area contributed by atoms with E-state index in [0.717, 1.165) is 19.4 Å². The number of carbonyl (C=O) groups excluding carboxylic acids is 1. The molecule has 1 saturated heterocycles. The molecule has 6 heteroatoms.